The van der Waals surface area contributed by atoms with Crippen molar-refractivity contribution in [1.29, 1.82) is 5.26 Å². The number of nitrogens with zero attached hydrogens (tertiary/aromatic N) is 1. The summed E-state index contributed by atoms with van der Waals surface area (Å²) >= 11 is 0. The van der Waals surface area contributed by atoms with Gasteiger partial charge in [-0.2, -0.15) is 5.26 Å². The van der Waals surface area contributed by atoms with Crippen molar-refractivity contribution >= 4 is 9.84 Å². The number of sulfone groups is 1. The van der Waals surface area contributed by atoms with Crippen LogP contribution in [0.2, 0.25) is 0 Å². The monoisotopic (exact) mass is 385 g/mol. The molecule has 0 fully saturated rings. The zero-order chi connectivity index (χ0) is 19.6. The van der Waals surface area contributed by atoms with Gasteiger partial charge in [0.1, 0.15) is 11.6 Å². The van der Waals surface area contributed by atoms with Gasteiger partial charge in [0.2, 0.25) is 0 Å². The third-order valence-corrected chi connectivity index (χ3v) is 4.94. The lowest BCUT2D eigenvalue weighted by Gasteiger charge is -2.13. The van der Waals surface area contributed by atoms with E-state index in [4.69, 9.17) is 10.00 Å². The predicted octanol–water partition coefficient (Wildman–Crippen LogP) is 4.70. The molecular weight excluding hydrogens is 372 g/mol. The molecule has 3 aromatic rings. The Kier molecular flexibility index (Phi) is 4.93. The lowest BCUT2D eigenvalue weighted by Crippen LogP contribution is -1.97. The first-order valence-corrected chi connectivity index (χ1v) is 9.64. The molecule has 0 saturated carbocycles. The number of hydrogen-bond donors (Lipinski definition) is 0. The summed E-state index contributed by atoms with van der Waals surface area (Å²) in [5.74, 6) is -1.52. The van der Waals surface area contributed by atoms with Crippen molar-refractivity contribution < 1.29 is 21.9 Å². The summed E-state index contributed by atoms with van der Waals surface area (Å²) in [5.41, 5.74) is 1.40. The first-order chi connectivity index (χ1) is 12.8. The van der Waals surface area contributed by atoms with Gasteiger partial charge >= 0.3 is 0 Å². The molecule has 0 bridgehead atoms. The number of ether oxygens (including phenoxy) is 1. The van der Waals surface area contributed by atoms with Gasteiger partial charge in [0, 0.05) is 17.9 Å². The molecule has 0 aliphatic heterocycles. The van der Waals surface area contributed by atoms with E-state index in [9.17, 15) is 17.2 Å². The Balaban J connectivity index is 2.07. The van der Waals surface area contributed by atoms with Gasteiger partial charge < -0.3 is 4.74 Å². The van der Waals surface area contributed by atoms with E-state index in [1.54, 1.807) is 18.2 Å². The van der Waals surface area contributed by atoms with Gasteiger partial charge in [-0.05, 0) is 48.0 Å². The highest BCUT2D eigenvalue weighted by Gasteiger charge is 2.13. The predicted molar refractivity (Wildman–Crippen MR) is 96.1 cm³/mol. The van der Waals surface area contributed by atoms with Crippen LogP contribution in [0.5, 0.6) is 11.5 Å². The normalized spacial score (nSPS) is 11.0. The molecule has 4 nitrogen and oxygen atoms in total. The van der Waals surface area contributed by atoms with Crippen LogP contribution in [0.25, 0.3) is 11.1 Å². The van der Waals surface area contributed by atoms with E-state index in [-0.39, 0.29) is 16.4 Å². The average molecular weight is 385 g/mol. The number of hydrogen-bond acceptors (Lipinski definition) is 4. The zero-order valence-electron chi connectivity index (χ0n) is 14.1. The van der Waals surface area contributed by atoms with E-state index in [0.29, 0.717) is 22.8 Å². The van der Waals surface area contributed by atoms with Crippen LogP contribution in [0, 0.1) is 23.0 Å². The van der Waals surface area contributed by atoms with Gasteiger partial charge in [0.15, 0.2) is 21.4 Å². The van der Waals surface area contributed by atoms with Crippen molar-refractivity contribution in [2.45, 2.75) is 4.90 Å². The second-order valence-corrected chi connectivity index (χ2v) is 7.81. The molecule has 0 spiro atoms. The maximum atomic E-state index is 13.9. The topological polar surface area (TPSA) is 67.2 Å². The Labute approximate surface area is 155 Å². The molecule has 0 aromatic heterocycles. The fourth-order valence-corrected chi connectivity index (χ4v) is 3.10. The first kappa shape index (κ1) is 18.5. The highest BCUT2D eigenvalue weighted by molar-refractivity contribution is 7.90. The lowest BCUT2D eigenvalue weighted by molar-refractivity contribution is 0.439. The third kappa shape index (κ3) is 4.13. The molecular formula is C20H13F2NO3S. The van der Waals surface area contributed by atoms with Crippen molar-refractivity contribution in [2.75, 3.05) is 6.26 Å². The van der Waals surface area contributed by atoms with Crippen molar-refractivity contribution in [3.05, 3.63) is 77.9 Å². The minimum absolute atomic E-state index is 0.148. The Morgan fingerprint density at radius 2 is 1.59 bits per heavy atom. The summed E-state index contributed by atoms with van der Waals surface area (Å²) < 4.78 is 55.8. The standard InChI is InChI=1S/C20H13F2NO3S/c1-27(24,25)16-6-3-14(4-7-16)17-10-13(12-23)2-8-19(17)26-20-9-5-15(21)11-18(20)22/h2-11H,1H3. The van der Waals surface area contributed by atoms with Crippen LogP contribution in [0.3, 0.4) is 0 Å². The molecule has 7 heteroatoms. The van der Waals surface area contributed by atoms with E-state index in [1.165, 1.54) is 30.3 Å². The van der Waals surface area contributed by atoms with Gasteiger partial charge in [-0.1, -0.05) is 12.1 Å². The number of halogens is 2. The Morgan fingerprint density at radius 1 is 0.926 bits per heavy atom. The quantitative estimate of drug-likeness (QED) is 0.653. The van der Waals surface area contributed by atoms with Crippen molar-refractivity contribution in [3.8, 4) is 28.7 Å². The summed E-state index contributed by atoms with van der Waals surface area (Å²) in [6, 6.07) is 15.5. The molecule has 136 valence electrons. The van der Waals surface area contributed by atoms with E-state index in [2.05, 4.69) is 0 Å². The van der Waals surface area contributed by atoms with Crippen LogP contribution in [-0.2, 0) is 9.84 Å². The maximum absolute atomic E-state index is 13.9. The average Bonchev–Trinajstić information content (AvgIpc) is 2.63. The summed E-state index contributed by atoms with van der Waals surface area (Å²) in [6.45, 7) is 0. The number of nitriles is 1. The van der Waals surface area contributed by atoms with Crippen molar-refractivity contribution in [1.82, 2.24) is 0 Å². The molecule has 0 unspecified atom stereocenters. The van der Waals surface area contributed by atoms with E-state index in [0.717, 1.165) is 12.3 Å². The van der Waals surface area contributed by atoms with Crippen LogP contribution in [0.15, 0.2) is 65.6 Å². The Morgan fingerprint density at radius 3 is 2.19 bits per heavy atom. The second-order valence-electron chi connectivity index (χ2n) is 5.80. The highest BCUT2D eigenvalue weighted by atomic mass is 32.2. The fourth-order valence-electron chi connectivity index (χ4n) is 2.47. The molecule has 0 N–H and O–H groups in total. The summed E-state index contributed by atoms with van der Waals surface area (Å²) in [7, 11) is -3.35. The SMILES string of the molecule is CS(=O)(=O)c1ccc(-c2cc(C#N)ccc2Oc2ccc(F)cc2F)cc1. The Bertz CT molecular complexity index is 1150. The minimum Gasteiger partial charge on any atom is -0.454 e. The molecule has 3 rings (SSSR count). The molecule has 27 heavy (non-hydrogen) atoms. The summed E-state index contributed by atoms with van der Waals surface area (Å²) in [4.78, 5) is 0.148. The van der Waals surface area contributed by atoms with Crippen LogP contribution in [0.1, 0.15) is 5.56 Å². The molecule has 0 atom stereocenters. The maximum Gasteiger partial charge on any atom is 0.175 e. The smallest absolute Gasteiger partial charge is 0.175 e. The van der Waals surface area contributed by atoms with Crippen LogP contribution >= 0.6 is 0 Å². The fraction of sp³-hybridized carbons (Fsp3) is 0.0500. The molecule has 0 amide bonds. The van der Waals surface area contributed by atoms with Crippen LogP contribution < -0.4 is 4.74 Å². The molecule has 3 aromatic carbocycles. The zero-order valence-corrected chi connectivity index (χ0v) is 14.9. The van der Waals surface area contributed by atoms with Crippen molar-refractivity contribution in [2.24, 2.45) is 0 Å². The molecule has 0 aliphatic carbocycles. The van der Waals surface area contributed by atoms with E-state index in [1.807, 2.05) is 6.07 Å². The highest BCUT2D eigenvalue weighted by Crippen LogP contribution is 2.35. The third-order valence-electron chi connectivity index (χ3n) is 3.82. The summed E-state index contributed by atoms with van der Waals surface area (Å²) in [6.07, 6.45) is 1.10. The van der Waals surface area contributed by atoms with Crippen molar-refractivity contribution in [3.63, 3.8) is 0 Å². The molecule has 0 radical (unpaired) electrons. The van der Waals surface area contributed by atoms with Crippen LogP contribution in [-0.4, -0.2) is 14.7 Å². The van der Waals surface area contributed by atoms with E-state index < -0.39 is 21.5 Å². The van der Waals surface area contributed by atoms with Gasteiger partial charge in [-0.15, -0.1) is 0 Å². The van der Waals surface area contributed by atoms with Gasteiger partial charge in [0.25, 0.3) is 0 Å². The van der Waals surface area contributed by atoms with Gasteiger partial charge in [-0.25, -0.2) is 17.2 Å². The first-order valence-electron chi connectivity index (χ1n) is 7.75. The lowest BCUT2D eigenvalue weighted by atomic mass is 10.0. The molecule has 0 aliphatic rings. The van der Waals surface area contributed by atoms with Crippen LogP contribution in [0.4, 0.5) is 8.78 Å². The second kappa shape index (κ2) is 7.17. The number of rotatable bonds is 4. The van der Waals surface area contributed by atoms with Gasteiger partial charge in [-0.3, -0.25) is 0 Å². The summed E-state index contributed by atoms with van der Waals surface area (Å²) in [5, 5.41) is 9.14. The minimum atomic E-state index is -3.35. The number of benzene rings is 3. The largest absolute Gasteiger partial charge is 0.454 e. The molecule has 0 saturated heterocycles. The van der Waals surface area contributed by atoms with Gasteiger partial charge in [0.05, 0.1) is 16.5 Å². The Hall–Kier alpha value is -3.24. The van der Waals surface area contributed by atoms with E-state index >= 15 is 0 Å². The molecule has 0 heterocycles.